The first-order chi connectivity index (χ1) is 8.98. The fourth-order valence-electron chi connectivity index (χ4n) is 1.67. The molecule has 0 radical (unpaired) electrons. The molecule has 104 valence electrons. The lowest BCUT2D eigenvalue weighted by molar-refractivity contribution is 0.274. The molecule has 0 aliphatic rings. The van der Waals surface area contributed by atoms with Gasteiger partial charge in [-0.25, -0.2) is 4.39 Å². The van der Waals surface area contributed by atoms with Crippen molar-refractivity contribution in [3.05, 3.63) is 29.6 Å². The molecule has 0 unspecified atom stereocenters. The van der Waals surface area contributed by atoms with E-state index in [2.05, 4.69) is 6.07 Å². The minimum Gasteiger partial charge on any atom is -0.491 e. The van der Waals surface area contributed by atoms with Crippen LogP contribution in [0.1, 0.15) is 38.7 Å². The van der Waals surface area contributed by atoms with E-state index in [9.17, 15) is 4.39 Å². The van der Waals surface area contributed by atoms with E-state index >= 15 is 0 Å². The Morgan fingerprint density at radius 3 is 2.68 bits per heavy atom. The first-order valence-electron chi connectivity index (χ1n) is 6.42. The van der Waals surface area contributed by atoms with Gasteiger partial charge in [-0.15, -0.1) is 0 Å². The van der Waals surface area contributed by atoms with Crippen molar-refractivity contribution >= 4 is 0 Å². The molecule has 0 fully saturated rings. The predicted octanol–water partition coefficient (Wildman–Crippen LogP) is 3.42. The monoisotopic (exact) mass is 265 g/mol. The van der Waals surface area contributed by atoms with Gasteiger partial charge < -0.3 is 9.84 Å². The van der Waals surface area contributed by atoms with Gasteiger partial charge in [-0.1, -0.05) is 6.07 Å². The Morgan fingerprint density at radius 2 is 2.11 bits per heavy atom. The lowest BCUT2D eigenvalue weighted by atomic mass is 9.89. The molecular weight excluding hydrogens is 245 g/mol. The number of nitriles is 1. The van der Waals surface area contributed by atoms with Crippen LogP contribution in [0.4, 0.5) is 4.39 Å². The molecule has 4 heteroatoms. The summed E-state index contributed by atoms with van der Waals surface area (Å²) in [6, 6.07) is 6.68. The number of halogens is 1. The molecule has 1 aromatic carbocycles. The molecule has 0 aromatic heterocycles. The van der Waals surface area contributed by atoms with E-state index < -0.39 is 5.82 Å². The number of rotatable bonds is 7. The van der Waals surface area contributed by atoms with Gasteiger partial charge in [0.05, 0.1) is 24.7 Å². The van der Waals surface area contributed by atoms with Gasteiger partial charge in [0.25, 0.3) is 0 Å². The Hall–Kier alpha value is -1.60. The molecule has 0 bridgehead atoms. The maximum atomic E-state index is 13.5. The van der Waals surface area contributed by atoms with Gasteiger partial charge in [0.1, 0.15) is 0 Å². The molecule has 0 atom stereocenters. The van der Waals surface area contributed by atoms with Crippen LogP contribution in [0.15, 0.2) is 18.2 Å². The molecule has 0 saturated heterocycles. The normalized spacial score (nSPS) is 11.1. The van der Waals surface area contributed by atoms with E-state index in [0.29, 0.717) is 12.2 Å². The lowest BCUT2D eigenvalue weighted by Crippen LogP contribution is -2.08. The van der Waals surface area contributed by atoms with E-state index in [1.807, 2.05) is 13.8 Å². The molecule has 0 spiro atoms. The van der Waals surface area contributed by atoms with Crippen molar-refractivity contribution < 1.29 is 14.2 Å². The summed E-state index contributed by atoms with van der Waals surface area (Å²) in [6.07, 6.45) is 2.46. The summed E-state index contributed by atoms with van der Waals surface area (Å²) in [7, 11) is 0. The van der Waals surface area contributed by atoms with E-state index in [1.165, 1.54) is 12.1 Å². The van der Waals surface area contributed by atoms with Gasteiger partial charge in [-0.05, 0) is 50.8 Å². The Kier molecular flexibility index (Phi) is 5.78. The van der Waals surface area contributed by atoms with Crippen LogP contribution in [-0.2, 0) is 6.61 Å². The lowest BCUT2D eigenvalue weighted by Gasteiger charge is -2.14. The highest BCUT2D eigenvalue weighted by molar-refractivity contribution is 5.28. The van der Waals surface area contributed by atoms with Crippen molar-refractivity contribution in [1.82, 2.24) is 0 Å². The number of aliphatic hydroxyl groups excluding tert-OH is 1. The average molecular weight is 265 g/mol. The molecule has 1 N–H and O–H groups in total. The zero-order valence-electron chi connectivity index (χ0n) is 11.4. The largest absolute Gasteiger partial charge is 0.491 e. The number of aliphatic hydroxyl groups is 1. The van der Waals surface area contributed by atoms with Gasteiger partial charge in [0.2, 0.25) is 0 Å². The van der Waals surface area contributed by atoms with Crippen molar-refractivity contribution in [2.24, 2.45) is 5.41 Å². The van der Waals surface area contributed by atoms with Gasteiger partial charge in [0, 0.05) is 0 Å². The summed E-state index contributed by atoms with van der Waals surface area (Å²) < 4.78 is 18.9. The number of nitrogens with zero attached hydrogens (tertiary/aromatic N) is 1. The summed E-state index contributed by atoms with van der Waals surface area (Å²) in [5, 5.41) is 17.7. The number of benzene rings is 1. The number of ether oxygens (including phenoxy) is 1. The zero-order valence-corrected chi connectivity index (χ0v) is 11.4. The molecular formula is C15H20FNO2. The summed E-state index contributed by atoms with van der Waals surface area (Å²) in [5.74, 6) is -0.249. The number of hydrogen-bond acceptors (Lipinski definition) is 3. The van der Waals surface area contributed by atoms with Crippen LogP contribution >= 0.6 is 0 Å². The van der Waals surface area contributed by atoms with Crippen molar-refractivity contribution in [1.29, 1.82) is 5.26 Å². The first kappa shape index (κ1) is 15.5. The quantitative estimate of drug-likeness (QED) is 0.768. The van der Waals surface area contributed by atoms with E-state index in [4.69, 9.17) is 15.1 Å². The Labute approximate surface area is 113 Å². The third-order valence-electron chi connectivity index (χ3n) is 2.94. The maximum absolute atomic E-state index is 13.5. The third-order valence-corrected chi connectivity index (χ3v) is 2.94. The fraction of sp³-hybridized carbons (Fsp3) is 0.533. The molecule has 1 rings (SSSR count). The number of hydrogen-bond donors (Lipinski definition) is 1. The van der Waals surface area contributed by atoms with E-state index in [1.54, 1.807) is 6.07 Å². The summed E-state index contributed by atoms with van der Waals surface area (Å²) >= 11 is 0. The highest BCUT2D eigenvalue weighted by Gasteiger charge is 2.15. The van der Waals surface area contributed by atoms with E-state index in [0.717, 1.165) is 19.3 Å². The SMILES string of the molecule is CC(C)(C#N)CCCCOc1ccc(CO)cc1F. The highest BCUT2D eigenvalue weighted by atomic mass is 19.1. The second-order valence-electron chi connectivity index (χ2n) is 5.22. The van der Waals surface area contributed by atoms with Crippen LogP contribution in [0.2, 0.25) is 0 Å². The second-order valence-corrected chi connectivity index (χ2v) is 5.22. The Bertz CT molecular complexity index is 452. The molecule has 0 aliphatic carbocycles. The van der Waals surface area contributed by atoms with Gasteiger partial charge in [-0.3, -0.25) is 0 Å². The molecule has 0 aliphatic heterocycles. The highest BCUT2D eigenvalue weighted by Crippen LogP contribution is 2.22. The molecule has 3 nitrogen and oxygen atoms in total. The Morgan fingerprint density at radius 1 is 1.37 bits per heavy atom. The molecule has 0 amide bonds. The Balaban J connectivity index is 2.32. The third kappa shape index (κ3) is 5.27. The van der Waals surface area contributed by atoms with Crippen LogP contribution in [0.3, 0.4) is 0 Å². The van der Waals surface area contributed by atoms with Crippen LogP contribution in [-0.4, -0.2) is 11.7 Å². The van der Waals surface area contributed by atoms with Crippen molar-refractivity contribution in [3.8, 4) is 11.8 Å². The average Bonchev–Trinajstić information content (AvgIpc) is 2.39. The molecule has 0 heterocycles. The topological polar surface area (TPSA) is 53.2 Å². The molecule has 1 aromatic rings. The van der Waals surface area contributed by atoms with Crippen LogP contribution in [0, 0.1) is 22.6 Å². The standard InChI is InChI=1S/C15H20FNO2/c1-15(2,11-17)7-3-4-8-19-14-6-5-12(10-18)9-13(14)16/h5-6,9,18H,3-4,7-8,10H2,1-2H3. The smallest absolute Gasteiger partial charge is 0.165 e. The van der Waals surface area contributed by atoms with Crippen molar-refractivity contribution in [2.75, 3.05) is 6.61 Å². The minimum atomic E-state index is -0.455. The van der Waals surface area contributed by atoms with Gasteiger partial charge in [-0.2, -0.15) is 5.26 Å². The second kappa shape index (κ2) is 7.10. The van der Waals surface area contributed by atoms with E-state index in [-0.39, 0.29) is 17.8 Å². The first-order valence-corrected chi connectivity index (χ1v) is 6.42. The minimum absolute atomic E-state index is 0.180. The fourth-order valence-corrected chi connectivity index (χ4v) is 1.67. The zero-order chi connectivity index (χ0) is 14.3. The van der Waals surface area contributed by atoms with Crippen LogP contribution in [0.5, 0.6) is 5.75 Å². The van der Waals surface area contributed by atoms with Crippen molar-refractivity contribution in [3.63, 3.8) is 0 Å². The van der Waals surface area contributed by atoms with Gasteiger partial charge >= 0.3 is 0 Å². The molecule has 19 heavy (non-hydrogen) atoms. The van der Waals surface area contributed by atoms with Crippen LogP contribution in [0.25, 0.3) is 0 Å². The van der Waals surface area contributed by atoms with Crippen molar-refractivity contribution in [2.45, 2.75) is 39.7 Å². The predicted molar refractivity (Wildman–Crippen MR) is 71.1 cm³/mol. The number of unbranched alkanes of at least 4 members (excludes halogenated alkanes) is 1. The molecule has 0 saturated carbocycles. The summed E-state index contributed by atoms with van der Waals surface area (Å²) in [4.78, 5) is 0. The van der Waals surface area contributed by atoms with Crippen LogP contribution < -0.4 is 4.74 Å². The van der Waals surface area contributed by atoms with Gasteiger partial charge in [0.15, 0.2) is 11.6 Å². The maximum Gasteiger partial charge on any atom is 0.165 e. The summed E-state index contributed by atoms with van der Waals surface area (Å²) in [5.41, 5.74) is 0.217. The summed E-state index contributed by atoms with van der Waals surface area (Å²) in [6.45, 7) is 4.06.